The number of para-hydroxylation sites is 1. The monoisotopic (exact) mass is 459 g/mol. The fourth-order valence-corrected chi connectivity index (χ4v) is 3.80. The summed E-state index contributed by atoms with van der Waals surface area (Å²) < 4.78 is 2.87. The Kier molecular flexibility index (Phi) is 6.10. The first-order chi connectivity index (χ1) is 14.6. The molecule has 0 saturated carbocycles. The topological polar surface area (TPSA) is 38.1 Å². The van der Waals surface area contributed by atoms with E-state index in [0.717, 1.165) is 32.5 Å². The normalized spacial score (nSPS) is 10.7. The van der Waals surface area contributed by atoms with Gasteiger partial charge in [-0.3, -0.25) is 4.79 Å². The van der Waals surface area contributed by atoms with Gasteiger partial charge in [-0.2, -0.15) is 5.10 Å². The van der Waals surface area contributed by atoms with Gasteiger partial charge in [0.1, 0.15) is 0 Å². The Morgan fingerprint density at radius 2 is 1.63 bits per heavy atom. The maximum absolute atomic E-state index is 12.4. The Balaban J connectivity index is 1.73. The molecule has 0 unspecified atom stereocenters. The molecule has 0 saturated heterocycles. The standard InChI is InChI=1S/C25H22BrN3O/c1-19(30)28(16-20-9-4-2-5-10-20)17-22-18-29(24-13-6-3-7-14-24)27-25(22)21-11-8-12-23(26)15-21/h2-15,18H,16-17H2,1H3. The molecule has 0 aliphatic rings. The van der Waals surface area contributed by atoms with E-state index >= 15 is 0 Å². The Morgan fingerprint density at radius 3 is 2.30 bits per heavy atom. The molecule has 4 nitrogen and oxygen atoms in total. The fraction of sp³-hybridized carbons (Fsp3) is 0.120. The van der Waals surface area contributed by atoms with E-state index in [2.05, 4.69) is 22.0 Å². The third-order valence-electron chi connectivity index (χ3n) is 4.93. The molecule has 0 fully saturated rings. The van der Waals surface area contributed by atoms with Crippen LogP contribution in [-0.2, 0) is 17.9 Å². The van der Waals surface area contributed by atoms with E-state index in [1.807, 2.05) is 94.6 Å². The molecule has 30 heavy (non-hydrogen) atoms. The molecule has 5 heteroatoms. The Morgan fingerprint density at radius 1 is 0.933 bits per heavy atom. The molecule has 0 spiro atoms. The minimum atomic E-state index is 0.0338. The molecule has 0 N–H and O–H groups in total. The zero-order valence-electron chi connectivity index (χ0n) is 16.7. The SMILES string of the molecule is CC(=O)N(Cc1ccccc1)Cc1cn(-c2ccccc2)nc1-c1cccc(Br)c1. The minimum Gasteiger partial charge on any atom is -0.334 e. The van der Waals surface area contributed by atoms with Gasteiger partial charge in [-0.05, 0) is 29.8 Å². The van der Waals surface area contributed by atoms with Gasteiger partial charge in [0.2, 0.25) is 5.91 Å². The average Bonchev–Trinajstić information content (AvgIpc) is 3.18. The third-order valence-corrected chi connectivity index (χ3v) is 5.42. The van der Waals surface area contributed by atoms with Gasteiger partial charge in [-0.25, -0.2) is 4.68 Å². The number of aromatic nitrogens is 2. The van der Waals surface area contributed by atoms with Crippen molar-refractivity contribution in [3.63, 3.8) is 0 Å². The van der Waals surface area contributed by atoms with E-state index in [1.165, 1.54) is 0 Å². The predicted molar refractivity (Wildman–Crippen MR) is 123 cm³/mol. The minimum absolute atomic E-state index is 0.0338. The highest BCUT2D eigenvalue weighted by atomic mass is 79.9. The summed E-state index contributed by atoms with van der Waals surface area (Å²) in [5.41, 5.74) is 4.98. The molecule has 4 aromatic rings. The predicted octanol–water partition coefficient (Wildman–Crippen LogP) is 5.85. The Labute approximate surface area is 184 Å². The lowest BCUT2D eigenvalue weighted by atomic mass is 10.1. The van der Waals surface area contributed by atoms with Gasteiger partial charge >= 0.3 is 0 Å². The number of carbonyl (C=O) groups is 1. The molecule has 0 aliphatic heterocycles. The highest BCUT2D eigenvalue weighted by Gasteiger charge is 2.18. The van der Waals surface area contributed by atoms with Crippen molar-refractivity contribution in [3.8, 4) is 16.9 Å². The zero-order valence-corrected chi connectivity index (χ0v) is 18.3. The molecule has 0 aliphatic carbocycles. The van der Waals surface area contributed by atoms with E-state index in [9.17, 15) is 4.79 Å². The highest BCUT2D eigenvalue weighted by Crippen LogP contribution is 2.27. The average molecular weight is 460 g/mol. The van der Waals surface area contributed by atoms with Crippen molar-refractivity contribution < 1.29 is 4.79 Å². The maximum Gasteiger partial charge on any atom is 0.220 e. The van der Waals surface area contributed by atoms with Crippen LogP contribution in [0.5, 0.6) is 0 Å². The van der Waals surface area contributed by atoms with Crippen molar-refractivity contribution in [2.75, 3.05) is 0 Å². The van der Waals surface area contributed by atoms with Gasteiger partial charge in [0.15, 0.2) is 0 Å². The summed E-state index contributed by atoms with van der Waals surface area (Å²) in [4.78, 5) is 14.3. The van der Waals surface area contributed by atoms with Crippen LogP contribution in [0.3, 0.4) is 0 Å². The van der Waals surface area contributed by atoms with Crippen molar-refractivity contribution in [2.24, 2.45) is 0 Å². The molecule has 0 atom stereocenters. The van der Waals surface area contributed by atoms with Crippen molar-refractivity contribution >= 4 is 21.8 Å². The number of nitrogens with zero attached hydrogens (tertiary/aromatic N) is 3. The van der Waals surface area contributed by atoms with Crippen LogP contribution < -0.4 is 0 Å². The molecule has 4 rings (SSSR count). The second kappa shape index (κ2) is 9.09. The lowest BCUT2D eigenvalue weighted by molar-refractivity contribution is -0.130. The first-order valence-electron chi connectivity index (χ1n) is 9.79. The van der Waals surface area contributed by atoms with Gasteiger partial charge in [0, 0.05) is 41.8 Å². The summed E-state index contributed by atoms with van der Waals surface area (Å²) in [6, 6.07) is 28.2. The number of hydrogen-bond acceptors (Lipinski definition) is 2. The molecule has 0 radical (unpaired) electrons. The summed E-state index contributed by atoms with van der Waals surface area (Å²) in [7, 11) is 0. The van der Waals surface area contributed by atoms with Crippen molar-refractivity contribution in [1.29, 1.82) is 0 Å². The first kappa shape index (κ1) is 20.1. The van der Waals surface area contributed by atoms with E-state index in [4.69, 9.17) is 5.10 Å². The molecule has 150 valence electrons. The third kappa shape index (κ3) is 4.69. The van der Waals surface area contributed by atoms with E-state index < -0.39 is 0 Å². The first-order valence-corrected chi connectivity index (χ1v) is 10.6. The molecule has 1 amide bonds. The summed E-state index contributed by atoms with van der Waals surface area (Å²) >= 11 is 3.55. The van der Waals surface area contributed by atoms with Gasteiger partial charge in [0.05, 0.1) is 11.4 Å². The highest BCUT2D eigenvalue weighted by molar-refractivity contribution is 9.10. The van der Waals surface area contributed by atoms with Crippen molar-refractivity contribution in [3.05, 3.63) is 107 Å². The largest absolute Gasteiger partial charge is 0.334 e. The molecule has 0 bridgehead atoms. The van der Waals surface area contributed by atoms with Crippen LogP contribution >= 0.6 is 15.9 Å². The van der Waals surface area contributed by atoms with Crippen LogP contribution in [-0.4, -0.2) is 20.6 Å². The Bertz CT molecular complexity index is 1140. The van der Waals surface area contributed by atoms with Crippen LogP contribution in [0, 0.1) is 0 Å². The van der Waals surface area contributed by atoms with Crippen LogP contribution in [0.1, 0.15) is 18.1 Å². The van der Waals surface area contributed by atoms with Gasteiger partial charge in [-0.1, -0.05) is 76.6 Å². The van der Waals surface area contributed by atoms with Gasteiger partial charge < -0.3 is 4.90 Å². The Hall–Kier alpha value is -3.18. The number of rotatable bonds is 6. The lowest BCUT2D eigenvalue weighted by Gasteiger charge is -2.21. The number of halogens is 1. The summed E-state index contributed by atoms with van der Waals surface area (Å²) in [5, 5.41) is 4.87. The molecule has 1 heterocycles. The zero-order chi connectivity index (χ0) is 20.9. The van der Waals surface area contributed by atoms with Gasteiger partial charge in [-0.15, -0.1) is 0 Å². The fourth-order valence-electron chi connectivity index (χ4n) is 3.41. The van der Waals surface area contributed by atoms with Crippen molar-refractivity contribution in [2.45, 2.75) is 20.0 Å². The summed E-state index contributed by atoms with van der Waals surface area (Å²) in [6.45, 7) is 2.66. The number of hydrogen-bond donors (Lipinski definition) is 0. The summed E-state index contributed by atoms with van der Waals surface area (Å²) in [5.74, 6) is 0.0338. The van der Waals surface area contributed by atoms with Gasteiger partial charge in [0.25, 0.3) is 0 Å². The van der Waals surface area contributed by atoms with E-state index in [1.54, 1.807) is 6.92 Å². The number of amides is 1. The summed E-state index contributed by atoms with van der Waals surface area (Å²) in [6.07, 6.45) is 2.02. The van der Waals surface area contributed by atoms with Crippen LogP contribution in [0.25, 0.3) is 16.9 Å². The second-order valence-corrected chi connectivity index (χ2v) is 8.07. The van der Waals surface area contributed by atoms with Crippen LogP contribution in [0.4, 0.5) is 0 Å². The van der Waals surface area contributed by atoms with E-state index in [0.29, 0.717) is 13.1 Å². The molecular formula is C25H22BrN3O. The molecule has 1 aromatic heterocycles. The van der Waals surface area contributed by atoms with Crippen molar-refractivity contribution in [1.82, 2.24) is 14.7 Å². The van der Waals surface area contributed by atoms with Crippen LogP contribution in [0.15, 0.2) is 95.6 Å². The number of benzene rings is 3. The van der Waals surface area contributed by atoms with E-state index in [-0.39, 0.29) is 5.91 Å². The maximum atomic E-state index is 12.4. The lowest BCUT2D eigenvalue weighted by Crippen LogP contribution is -2.27. The van der Waals surface area contributed by atoms with Crippen LogP contribution in [0.2, 0.25) is 0 Å². The molecular weight excluding hydrogens is 438 g/mol. The quantitative estimate of drug-likeness (QED) is 0.362. The number of carbonyl (C=O) groups excluding carboxylic acids is 1. The second-order valence-electron chi connectivity index (χ2n) is 7.15. The molecule has 3 aromatic carbocycles. The smallest absolute Gasteiger partial charge is 0.220 e.